The van der Waals surface area contributed by atoms with Crippen LogP contribution in [0.25, 0.3) is 0 Å². The van der Waals surface area contributed by atoms with Gasteiger partial charge >= 0.3 is 0 Å². The number of aromatic nitrogens is 1. The predicted molar refractivity (Wildman–Crippen MR) is 82.0 cm³/mol. The molecule has 9 heteroatoms. The maximum atomic E-state index is 12.3. The highest BCUT2D eigenvalue weighted by molar-refractivity contribution is 7.91. The van der Waals surface area contributed by atoms with Gasteiger partial charge in [0.05, 0.1) is 23.8 Å². The lowest BCUT2D eigenvalue weighted by atomic mass is 10.2. The molecule has 1 aromatic rings. The van der Waals surface area contributed by atoms with Crippen LogP contribution in [0.2, 0.25) is 0 Å². The van der Waals surface area contributed by atoms with Crippen molar-refractivity contribution in [2.75, 3.05) is 11.5 Å². The van der Waals surface area contributed by atoms with Crippen LogP contribution in [0.15, 0.2) is 23.2 Å². The Kier molecular flexibility index (Phi) is 5.08. The van der Waals surface area contributed by atoms with Gasteiger partial charge in [-0.3, -0.25) is 0 Å². The van der Waals surface area contributed by atoms with E-state index in [1.165, 1.54) is 18.3 Å². The predicted octanol–water partition coefficient (Wildman–Crippen LogP) is 0.724. The standard InChI is InChI=1S/C13H20N2O5S2/c1-10(2)20-13-6-5-12(8-14-13)22(18,19)15-11-4-3-7-21(16,17)9-11/h5-6,8,10-11,15H,3-4,7,9H2,1-2H3. The van der Waals surface area contributed by atoms with Gasteiger partial charge in [0.2, 0.25) is 15.9 Å². The van der Waals surface area contributed by atoms with Crippen LogP contribution in [-0.2, 0) is 19.9 Å². The third-order valence-corrected chi connectivity index (χ3v) is 6.49. The molecular weight excluding hydrogens is 328 g/mol. The van der Waals surface area contributed by atoms with Crippen LogP contribution < -0.4 is 9.46 Å². The fraction of sp³-hybridized carbons (Fsp3) is 0.615. The lowest BCUT2D eigenvalue weighted by molar-refractivity contribution is 0.232. The maximum absolute atomic E-state index is 12.3. The molecule has 0 amide bonds. The van der Waals surface area contributed by atoms with Gasteiger partial charge in [-0.25, -0.2) is 26.5 Å². The minimum Gasteiger partial charge on any atom is -0.475 e. The molecule has 1 aromatic heterocycles. The van der Waals surface area contributed by atoms with Gasteiger partial charge in [-0.1, -0.05) is 0 Å². The molecule has 0 aromatic carbocycles. The average Bonchev–Trinajstić information content (AvgIpc) is 2.36. The number of pyridine rings is 1. The van der Waals surface area contributed by atoms with Gasteiger partial charge in [0.15, 0.2) is 9.84 Å². The summed E-state index contributed by atoms with van der Waals surface area (Å²) in [6, 6.07) is 2.28. The Hall–Kier alpha value is -1.19. The largest absolute Gasteiger partial charge is 0.475 e. The first-order chi connectivity index (χ1) is 10.2. The Morgan fingerprint density at radius 3 is 2.64 bits per heavy atom. The third kappa shape index (κ3) is 4.65. The van der Waals surface area contributed by atoms with Crippen molar-refractivity contribution in [3.8, 4) is 5.88 Å². The number of nitrogens with zero attached hydrogens (tertiary/aromatic N) is 1. The van der Waals surface area contributed by atoms with E-state index in [2.05, 4.69) is 9.71 Å². The van der Waals surface area contributed by atoms with Crippen molar-refractivity contribution in [1.29, 1.82) is 0 Å². The molecule has 1 fully saturated rings. The van der Waals surface area contributed by atoms with Crippen molar-refractivity contribution >= 4 is 19.9 Å². The first kappa shape index (κ1) is 17.2. The van der Waals surface area contributed by atoms with Gasteiger partial charge in [0.25, 0.3) is 0 Å². The van der Waals surface area contributed by atoms with Crippen LogP contribution in [-0.4, -0.2) is 45.5 Å². The van der Waals surface area contributed by atoms with E-state index in [0.29, 0.717) is 18.7 Å². The second kappa shape index (κ2) is 6.51. The van der Waals surface area contributed by atoms with Gasteiger partial charge < -0.3 is 4.74 Å². The van der Waals surface area contributed by atoms with Gasteiger partial charge in [-0.2, -0.15) is 0 Å². The van der Waals surface area contributed by atoms with Gasteiger partial charge in [-0.15, -0.1) is 0 Å². The zero-order valence-electron chi connectivity index (χ0n) is 12.5. The highest BCUT2D eigenvalue weighted by Gasteiger charge is 2.28. The molecule has 1 unspecified atom stereocenters. The molecule has 0 bridgehead atoms. The molecule has 0 radical (unpaired) electrons. The van der Waals surface area contributed by atoms with Crippen LogP contribution in [0.4, 0.5) is 0 Å². The molecule has 0 aliphatic carbocycles. The third-order valence-electron chi connectivity index (χ3n) is 3.16. The molecule has 1 atom stereocenters. The first-order valence-electron chi connectivity index (χ1n) is 7.03. The van der Waals surface area contributed by atoms with Crippen molar-refractivity contribution in [2.45, 2.75) is 43.7 Å². The zero-order valence-corrected chi connectivity index (χ0v) is 14.2. The summed E-state index contributed by atoms with van der Waals surface area (Å²) in [5.74, 6) is 0.302. The average molecular weight is 348 g/mol. The minimum atomic E-state index is -3.79. The summed E-state index contributed by atoms with van der Waals surface area (Å²) >= 11 is 0. The summed E-state index contributed by atoms with van der Waals surface area (Å²) in [7, 11) is -6.96. The minimum absolute atomic E-state index is 0.00780. The number of hydrogen-bond acceptors (Lipinski definition) is 6. The molecule has 0 saturated carbocycles. The molecule has 1 N–H and O–H groups in total. The molecule has 1 aliphatic rings. The summed E-state index contributed by atoms with van der Waals surface area (Å²) in [6.07, 6.45) is 2.13. The fourth-order valence-electron chi connectivity index (χ4n) is 2.24. The van der Waals surface area contributed by atoms with Crippen molar-refractivity contribution < 1.29 is 21.6 Å². The Bertz CT molecular complexity index is 711. The summed E-state index contributed by atoms with van der Waals surface area (Å²) in [5.41, 5.74) is 0. The van der Waals surface area contributed by atoms with Crippen LogP contribution in [0.3, 0.4) is 0 Å². The van der Waals surface area contributed by atoms with Crippen molar-refractivity contribution in [2.24, 2.45) is 0 Å². The van der Waals surface area contributed by atoms with Crippen molar-refractivity contribution in [3.05, 3.63) is 18.3 Å². The highest BCUT2D eigenvalue weighted by Crippen LogP contribution is 2.17. The van der Waals surface area contributed by atoms with Gasteiger partial charge in [-0.05, 0) is 32.8 Å². The summed E-state index contributed by atoms with van der Waals surface area (Å²) in [4.78, 5) is 3.94. The monoisotopic (exact) mass is 348 g/mol. The van der Waals surface area contributed by atoms with Gasteiger partial charge in [0, 0.05) is 12.1 Å². The lowest BCUT2D eigenvalue weighted by Crippen LogP contribution is -2.43. The normalized spacial score (nSPS) is 21.7. The fourth-order valence-corrected chi connectivity index (χ4v) is 5.20. The zero-order chi connectivity index (χ0) is 16.4. The number of ether oxygens (including phenoxy) is 1. The second-order valence-corrected chi connectivity index (χ2v) is 9.52. The Labute approximate surface area is 131 Å². The molecule has 2 heterocycles. The van der Waals surface area contributed by atoms with Crippen LogP contribution in [0.5, 0.6) is 5.88 Å². The van der Waals surface area contributed by atoms with Crippen molar-refractivity contribution in [3.63, 3.8) is 0 Å². The quantitative estimate of drug-likeness (QED) is 0.841. The van der Waals surface area contributed by atoms with E-state index in [1.54, 1.807) is 0 Å². The Balaban J connectivity index is 2.10. The van der Waals surface area contributed by atoms with Crippen LogP contribution in [0.1, 0.15) is 26.7 Å². The van der Waals surface area contributed by atoms with Crippen LogP contribution in [0, 0.1) is 0 Å². The van der Waals surface area contributed by atoms with E-state index in [4.69, 9.17) is 4.74 Å². The van der Waals surface area contributed by atoms with Gasteiger partial charge in [0.1, 0.15) is 4.90 Å². The Morgan fingerprint density at radius 1 is 1.36 bits per heavy atom. The molecule has 22 heavy (non-hydrogen) atoms. The number of sulfone groups is 1. The summed E-state index contributed by atoms with van der Waals surface area (Å²) in [6.45, 7) is 3.69. The molecular formula is C13H20N2O5S2. The lowest BCUT2D eigenvalue weighted by Gasteiger charge is -2.22. The number of sulfonamides is 1. The molecule has 2 rings (SSSR count). The number of nitrogens with one attached hydrogen (secondary N) is 1. The van der Waals surface area contributed by atoms with E-state index < -0.39 is 25.9 Å². The molecule has 124 valence electrons. The smallest absolute Gasteiger partial charge is 0.242 e. The SMILES string of the molecule is CC(C)Oc1ccc(S(=O)(=O)NC2CCCS(=O)(=O)C2)cn1. The molecule has 1 saturated heterocycles. The summed E-state index contributed by atoms with van der Waals surface area (Å²) < 4.78 is 55.4. The molecule has 7 nitrogen and oxygen atoms in total. The highest BCUT2D eigenvalue weighted by atomic mass is 32.2. The van der Waals surface area contributed by atoms with E-state index >= 15 is 0 Å². The summed E-state index contributed by atoms with van der Waals surface area (Å²) in [5, 5.41) is 0. The topological polar surface area (TPSA) is 102 Å². The van der Waals surface area contributed by atoms with E-state index in [-0.39, 0.29) is 22.5 Å². The maximum Gasteiger partial charge on any atom is 0.242 e. The second-order valence-electron chi connectivity index (χ2n) is 5.57. The van der Waals surface area contributed by atoms with E-state index in [1.807, 2.05) is 13.8 Å². The molecule has 1 aliphatic heterocycles. The van der Waals surface area contributed by atoms with Crippen LogP contribution >= 0.6 is 0 Å². The van der Waals surface area contributed by atoms with E-state index in [0.717, 1.165) is 0 Å². The number of hydrogen-bond donors (Lipinski definition) is 1. The van der Waals surface area contributed by atoms with E-state index in [9.17, 15) is 16.8 Å². The Morgan fingerprint density at radius 2 is 2.09 bits per heavy atom. The number of rotatable bonds is 5. The first-order valence-corrected chi connectivity index (χ1v) is 10.3. The van der Waals surface area contributed by atoms with Crippen molar-refractivity contribution in [1.82, 2.24) is 9.71 Å². The molecule has 0 spiro atoms.